The molecule has 3 heteroatoms. The molecule has 0 aliphatic carbocycles. The van der Waals surface area contributed by atoms with Crippen molar-refractivity contribution in [3.8, 4) is 5.75 Å². The molecule has 0 bridgehead atoms. The van der Waals surface area contributed by atoms with Crippen molar-refractivity contribution in [3.63, 3.8) is 0 Å². The number of ether oxygens (including phenoxy) is 1. The van der Waals surface area contributed by atoms with Crippen molar-refractivity contribution in [1.29, 1.82) is 0 Å². The molecule has 0 atom stereocenters. The van der Waals surface area contributed by atoms with E-state index in [2.05, 4.69) is 15.9 Å². The molecular formula is C15H12BrFO. The fraction of sp³-hybridized carbons (Fsp3) is 0.0667. The Morgan fingerprint density at radius 2 is 1.67 bits per heavy atom. The van der Waals surface area contributed by atoms with Crippen LogP contribution < -0.4 is 4.74 Å². The van der Waals surface area contributed by atoms with Crippen LogP contribution in [0.3, 0.4) is 0 Å². The van der Waals surface area contributed by atoms with Gasteiger partial charge in [-0.2, -0.15) is 0 Å². The number of methoxy groups -OCH3 is 1. The molecule has 1 nitrogen and oxygen atoms in total. The van der Waals surface area contributed by atoms with Gasteiger partial charge in [0.25, 0.3) is 0 Å². The summed E-state index contributed by atoms with van der Waals surface area (Å²) in [6.45, 7) is 0. The zero-order valence-electron chi connectivity index (χ0n) is 9.86. The molecule has 0 aromatic heterocycles. The van der Waals surface area contributed by atoms with Crippen molar-refractivity contribution in [3.05, 3.63) is 63.9 Å². The second-order valence-corrected chi connectivity index (χ2v) is 4.72. The maximum Gasteiger partial charge on any atom is 0.123 e. The minimum Gasteiger partial charge on any atom is -0.497 e. The third kappa shape index (κ3) is 3.44. The molecule has 0 radical (unpaired) electrons. The molecule has 2 aromatic rings. The van der Waals surface area contributed by atoms with Crippen LogP contribution in [-0.2, 0) is 0 Å². The Morgan fingerprint density at radius 1 is 1.00 bits per heavy atom. The number of hydrogen-bond donors (Lipinski definition) is 0. The van der Waals surface area contributed by atoms with E-state index in [-0.39, 0.29) is 5.82 Å². The van der Waals surface area contributed by atoms with Crippen LogP contribution in [0.2, 0.25) is 0 Å². The first-order valence-electron chi connectivity index (χ1n) is 5.45. The number of halogens is 2. The first kappa shape index (κ1) is 12.8. The number of hydrogen-bond acceptors (Lipinski definition) is 1. The van der Waals surface area contributed by atoms with Gasteiger partial charge in [0, 0.05) is 4.47 Å². The van der Waals surface area contributed by atoms with Gasteiger partial charge in [0.15, 0.2) is 0 Å². The standard InChI is InChI=1S/C15H12BrFO/c1-18-15-9-12(8-13(16)10-15)3-2-11-4-6-14(17)7-5-11/h2-10H,1H3/b3-2+. The number of benzene rings is 2. The Morgan fingerprint density at radius 3 is 2.33 bits per heavy atom. The van der Waals surface area contributed by atoms with E-state index in [1.807, 2.05) is 30.4 Å². The van der Waals surface area contributed by atoms with Crippen LogP contribution >= 0.6 is 15.9 Å². The van der Waals surface area contributed by atoms with Gasteiger partial charge in [-0.15, -0.1) is 0 Å². The summed E-state index contributed by atoms with van der Waals surface area (Å²) in [4.78, 5) is 0. The third-order valence-electron chi connectivity index (χ3n) is 2.47. The zero-order valence-corrected chi connectivity index (χ0v) is 11.4. The van der Waals surface area contributed by atoms with E-state index in [0.29, 0.717) is 0 Å². The summed E-state index contributed by atoms with van der Waals surface area (Å²) in [5.74, 6) is 0.569. The van der Waals surface area contributed by atoms with Gasteiger partial charge in [0.05, 0.1) is 7.11 Å². The van der Waals surface area contributed by atoms with E-state index in [1.165, 1.54) is 12.1 Å². The van der Waals surface area contributed by atoms with Gasteiger partial charge in [0.2, 0.25) is 0 Å². The SMILES string of the molecule is COc1cc(Br)cc(/C=C/c2ccc(F)cc2)c1. The molecule has 0 aliphatic rings. The largest absolute Gasteiger partial charge is 0.497 e. The molecule has 0 aliphatic heterocycles. The third-order valence-corrected chi connectivity index (χ3v) is 2.93. The average molecular weight is 307 g/mol. The van der Waals surface area contributed by atoms with Gasteiger partial charge in [-0.1, -0.05) is 40.2 Å². The lowest BCUT2D eigenvalue weighted by molar-refractivity contribution is 0.414. The van der Waals surface area contributed by atoms with Crippen LogP contribution in [0.5, 0.6) is 5.75 Å². The van der Waals surface area contributed by atoms with Crippen LogP contribution in [-0.4, -0.2) is 7.11 Å². The van der Waals surface area contributed by atoms with E-state index in [0.717, 1.165) is 21.3 Å². The summed E-state index contributed by atoms with van der Waals surface area (Å²) < 4.78 is 18.9. The highest BCUT2D eigenvalue weighted by Gasteiger charge is 1.97. The van der Waals surface area contributed by atoms with Crippen LogP contribution in [0, 0.1) is 5.82 Å². The quantitative estimate of drug-likeness (QED) is 0.742. The lowest BCUT2D eigenvalue weighted by Gasteiger charge is -2.02. The lowest BCUT2D eigenvalue weighted by atomic mass is 10.1. The van der Waals surface area contributed by atoms with E-state index < -0.39 is 0 Å². The minimum atomic E-state index is -0.226. The van der Waals surface area contributed by atoms with Crippen LogP contribution in [0.1, 0.15) is 11.1 Å². The fourth-order valence-electron chi connectivity index (χ4n) is 1.56. The summed E-state index contributed by atoms with van der Waals surface area (Å²) in [7, 11) is 1.63. The lowest BCUT2D eigenvalue weighted by Crippen LogP contribution is -1.83. The predicted octanol–water partition coefficient (Wildman–Crippen LogP) is 4.77. The van der Waals surface area contributed by atoms with Crippen molar-refractivity contribution < 1.29 is 9.13 Å². The molecule has 0 heterocycles. The first-order valence-corrected chi connectivity index (χ1v) is 6.25. The molecule has 2 rings (SSSR count). The summed E-state index contributed by atoms with van der Waals surface area (Å²) >= 11 is 3.43. The molecular weight excluding hydrogens is 295 g/mol. The summed E-state index contributed by atoms with van der Waals surface area (Å²) in [5.41, 5.74) is 1.97. The van der Waals surface area contributed by atoms with Gasteiger partial charge >= 0.3 is 0 Å². The zero-order chi connectivity index (χ0) is 13.0. The highest BCUT2D eigenvalue weighted by molar-refractivity contribution is 9.10. The molecule has 0 spiro atoms. The van der Waals surface area contributed by atoms with Gasteiger partial charge in [-0.05, 0) is 41.5 Å². The molecule has 0 unspecified atom stereocenters. The molecule has 2 aromatic carbocycles. The smallest absolute Gasteiger partial charge is 0.123 e. The fourth-order valence-corrected chi connectivity index (χ4v) is 2.05. The van der Waals surface area contributed by atoms with Crippen molar-refractivity contribution in [2.24, 2.45) is 0 Å². The van der Waals surface area contributed by atoms with Crippen LogP contribution in [0.15, 0.2) is 46.9 Å². The Balaban J connectivity index is 2.22. The van der Waals surface area contributed by atoms with Gasteiger partial charge < -0.3 is 4.74 Å². The van der Waals surface area contributed by atoms with E-state index in [1.54, 1.807) is 19.2 Å². The highest BCUT2D eigenvalue weighted by atomic mass is 79.9. The van der Waals surface area contributed by atoms with Gasteiger partial charge in [-0.3, -0.25) is 0 Å². The molecule has 92 valence electrons. The van der Waals surface area contributed by atoms with Crippen molar-refractivity contribution in [2.45, 2.75) is 0 Å². The Kier molecular flexibility index (Phi) is 4.15. The minimum absolute atomic E-state index is 0.226. The Hall–Kier alpha value is -1.61. The average Bonchev–Trinajstić information content (AvgIpc) is 2.37. The molecule has 0 fully saturated rings. The second kappa shape index (κ2) is 5.83. The van der Waals surface area contributed by atoms with Gasteiger partial charge in [-0.25, -0.2) is 4.39 Å². The van der Waals surface area contributed by atoms with Gasteiger partial charge in [0.1, 0.15) is 11.6 Å². The summed E-state index contributed by atoms with van der Waals surface area (Å²) in [6, 6.07) is 12.2. The molecule has 0 N–H and O–H groups in total. The summed E-state index contributed by atoms with van der Waals surface area (Å²) in [6.07, 6.45) is 3.89. The normalized spacial score (nSPS) is 10.8. The number of rotatable bonds is 3. The molecule has 0 saturated carbocycles. The second-order valence-electron chi connectivity index (χ2n) is 3.81. The van der Waals surface area contributed by atoms with Crippen molar-refractivity contribution in [1.82, 2.24) is 0 Å². The monoisotopic (exact) mass is 306 g/mol. The first-order chi connectivity index (χ1) is 8.67. The molecule has 18 heavy (non-hydrogen) atoms. The predicted molar refractivity (Wildman–Crippen MR) is 76.0 cm³/mol. The molecule has 0 saturated heterocycles. The maximum atomic E-state index is 12.8. The van der Waals surface area contributed by atoms with E-state index >= 15 is 0 Å². The van der Waals surface area contributed by atoms with Crippen LogP contribution in [0.25, 0.3) is 12.2 Å². The topological polar surface area (TPSA) is 9.23 Å². The highest BCUT2D eigenvalue weighted by Crippen LogP contribution is 2.22. The summed E-state index contributed by atoms with van der Waals surface area (Å²) in [5, 5.41) is 0. The Labute approximate surface area is 114 Å². The molecule has 0 amide bonds. The van der Waals surface area contributed by atoms with Crippen molar-refractivity contribution in [2.75, 3.05) is 7.11 Å². The maximum absolute atomic E-state index is 12.8. The van der Waals surface area contributed by atoms with Crippen LogP contribution in [0.4, 0.5) is 4.39 Å². The van der Waals surface area contributed by atoms with E-state index in [9.17, 15) is 4.39 Å². The van der Waals surface area contributed by atoms with Crippen molar-refractivity contribution >= 4 is 28.1 Å². The Bertz CT molecular complexity index is 561. The van der Waals surface area contributed by atoms with E-state index in [4.69, 9.17) is 4.74 Å².